The van der Waals surface area contributed by atoms with E-state index in [-0.39, 0.29) is 16.4 Å². The molecule has 1 N–H and O–H groups in total. The van der Waals surface area contributed by atoms with Gasteiger partial charge in [0.1, 0.15) is 5.69 Å². The number of nitrogens with one attached hydrogen (secondary N) is 1. The topological polar surface area (TPSA) is 54.9 Å². The van der Waals surface area contributed by atoms with E-state index in [0.717, 1.165) is 0 Å². The van der Waals surface area contributed by atoms with Crippen molar-refractivity contribution in [3.8, 4) is 0 Å². The summed E-state index contributed by atoms with van der Waals surface area (Å²) in [4.78, 5) is 20.4. The zero-order valence-electron chi connectivity index (χ0n) is 10.7. The van der Waals surface area contributed by atoms with E-state index in [2.05, 4.69) is 15.3 Å². The number of hydrogen-bond donors (Lipinski definition) is 1. The Morgan fingerprint density at radius 3 is 2.67 bits per heavy atom. The molecule has 1 heterocycles. The van der Waals surface area contributed by atoms with Gasteiger partial charge in [0.25, 0.3) is 5.91 Å². The highest BCUT2D eigenvalue weighted by molar-refractivity contribution is 6.31. The van der Waals surface area contributed by atoms with Crippen molar-refractivity contribution in [1.29, 1.82) is 0 Å². The third-order valence-electron chi connectivity index (χ3n) is 2.88. The number of hydrogen-bond acceptors (Lipinski definition) is 3. The summed E-state index contributed by atoms with van der Waals surface area (Å²) >= 11 is 5.67. The summed E-state index contributed by atoms with van der Waals surface area (Å²) in [5, 5.41) is 2.37. The fourth-order valence-electron chi connectivity index (χ4n) is 1.85. The second kappa shape index (κ2) is 5.46. The molecular weight excluding hydrogens is 293 g/mol. The van der Waals surface area contributed by atoms with Crippen LogP contribution in [0.2, 0.25) is 5.02 Å². The van der Waals surface area contributed by atoms with E-state index in [1.807, 2.05) is 6.07 Å². The summed E-state index contributed by atoms with van der Waals surface area (Å²) in [5.74, 6) is -1.23. The van der Waals surface area contributed by atoms with Gasteiger partial charge >= 0.3 is 0 Å². The molecule has 21 heavy (non-hydrogen) atoms. The number of carbonyl (C=O) groups is 1. The van der Waals surface area contributed by atoms with Gasteiger partial charge in [0, 0.05) is 0 Å². The molecule has 0 unspecified atom stereocenters. The van der Waals surface area contributed by atoms with E-state index >= 15 is 0 Å². The first-order valence-electron chi connectivity index (χ1n) is 6.12. The summed E-state index contributed by atoms with van der Waals surface area (Å²) in [5.41, 5.74) is 1.38. The minimum atomic E-state index is -0.679. The first-order valence-corrected chi connectivity index (χ1v) is 6.50. The zero-order valence-corrected chi connectivity index (χ0v) is 11.4. The number of aromatic nitrogens is 2. The maximum atomic E-state index is 13.7. The first kappa shape index (κ1) is 13.5. The van der Waals surface area contributed by atoms with Gasteiger partial charge in [0.2, 0.25) is 0 Å². The first-order chi connectivity index (χ1) is 10.1. The highest BCUT2D eigenvalue weighted by Gasteiger charge is 2.13. The molecule has 3 aromatic rings. The molecule has 0 aliphatic heterocycles. The fraction of sp³-hybridized carbons (Fsp3) is 0. The van der Waals surface area contributed by atoms with Gasteiger partial charge in [-0.3, -0.25) is 9.78 Å². The van der Waals surface area contributed by atoms with Crippen LogP contribution in [0.15, 0.2) is 48.7 Å². The van der Waals surface area contributed by atoms with Gasteiger partial charge < -0.3 is 5.32 Å². The van der Waals surface area contributed by atoms with Crippen LogP contribution in [0.5, 0.6) is 0 Å². The van der Waals surface area contributed by atoms with Crippen molar-refractivity contribution in [2.45, 2.75) is 0 Å². The Morgan fingerprint density at radius 1 is 1.10 bits per heavy atom. The summed E-state index contributed by atoms with van der Waals surface area (Å²) in [7, 11) is 0. The van der Waals surface area contributed by atoms with Gasteiger partial charge in [-0.15, -0.1) is 0 Å². The lowest BCUT2D eigenvalue weighted by Gasteiger charge is -2.07. The number of rotatable bonds is 2. The molecule has 6 heteroatoms. The van der Waals surface area contributed by atoms with Crippen molar-refractivity contribution >= 4 is 34.2 Å². The van der Waals surface area contributed by atoms with Crippen LogP contribution in [0.25, 0.3) is 11.0 Å². The van der Waals surface area contributed by atoms with Crippen LogP contribution in [0.4, 0.5) is 10.1 Å². The highest BCUT2D eigenvalue weighted by Crippen LogP contribution is 2.22. The molecule has 104 valence electrons. The molecule has 0 saturated heterocycles. The van der Waals surface area contributed by atoms with Gasteiger partial charge in [-0.1, -0.05) is 29.8 Å². The van der Waals surface area contributed by atoms with Crippen molar-refractivity contribution in [3.05, 3.63) is 65.2 Å². The molecule has 0 saturated carbocycles. The van der Waals surface area contributed by atoms with Crippen LogP contribution < -0.4 is 5.32 Å². The van der Waals surface area contributed by atoms with Crippen LogP contribution in [-0.4, -0.2) is 15.9 Å². The third kappa shape index (κ3) is 2.68. The lowest BCUT2D eigenvalue weighted by Crippen LogP contribution is -2.15. The average Bonchev–Trinajstić information content (AvgIpc) is 2.51. The number of halogens is 2. The summed E-state index contributed by atoms with van der Waals surface area (Å²) in [6.45, 7) is 0. The standard InChI is InChI=1S/C15H9ClFN3O/c16-9-4-3-7-12(14(9)17)20-15(21)13-8-18-10-5-1-2-6-11(10)19-13/h1-8H,(H,20,21). The van der Waals surface area contributed by atoms with Crippen molar-refractivity contribution in [2.24, 2.45) is 0 Å². The number of para-hydroxylation sites is 2. The lowest BCUT2D eigenvalue weighted by molar-refractivity contribution is 0.102. The minimum absolute atomic E-state index is 0.00228. The molecular formula is C15H9ClFN3O. The largest absolute Gasteiger partial charge is 0.318 e. The third-order valence-corrected chi connectivity index (χ3v) is 3.17. The molecule has 0 aliphatic carbocycles. The Labute approximate surface area is 124 Å². The molecule has 0 aliphatic rings. The van der Waals surface area contributed by atoms with E-state index < -0.39 is 11.7 Å². The molecule has 0 spiro atoms. The van der Waals surface area contributed by atoms with Crippen LogP contribution in [0, 0.1) is 5.82 Å². The lowest BCUT2D eigenvalue weighted by atomic mass is 10.2. The van der Waals surface area contributed by atoms with Gasteiger partial charge in [-0.2, -0.15) is 0 Å². The molecule has 4 nitrogen and oxygen atoms in total. The summed E-state index contributed by atoms with van der Waals surface area (Å²) in [6.07, 6.45) is 1.35. The highest BCUT2D eigenvalue weighted by atomic mass is 35.5. The van der Waals surface area contributed by atoms with Crippen LogP contribution >= 0.6 is 11.6 Å². The molecule has 0 bridgehead atoms. The van der Waals surface area contributed by atoms with Crippen LogP contribution in [0.1, 0.15) is 10.5 Å². The second-order valence-electron chi connectivity index (χ2n) is 4.30. The van der Waals surface area contributed by atoms with Crippen molar-refractivity contribution in [3.63, 3.8) is 0 Å². The van der Waals surface area contributed by atoms with E-state index in [1.165, 1.54) is 18.3 Å². The van der Waals surface area contributed by atoms with Crippen LogP contribution in [0.3, 0.4) is 0 Å². The average molecular weight is 302 g/mol. The van der Waals surface area contributed by atoms with Gasteiger partial charge in [0.05, 0.1) is 27.9 Å². The maximum absolute atomic E-state index is 13.7. The predicted molar refractivity (Wildman–Crippen MR) is 78.9 cm³/mol. The quantitative estimate of drug-likeness (QED) is 0.785. The van der Waals surface area contributed by atoms with E-state index in [4.69, 9.17) is 11.6 Å². The number of amides is 1. The maximum Gasteiger partial charge on any atom is 0.275 e. The normalized spacial score (nSPS) is 10.6. The van der Waals surface area contributed by atoms with E-state index in [9.17, 15) is 9.18 Å². The predicted octanol–water partition coefficient (Wildman–Crippen LogP) is 3.67. The Balaban J connectivity index is 1.91. The van der Waals surface area contributed by atoms with E-state index in [0.29, 0.717) is 11.0 Å². The Kier molecular flexibility index (Phi) is 3.50. The minimum Gasteiger partial charge on any atom is -0.318 e. The van der Waals surface area contributed by atoms with Gasteiger partial charge in [0.15, 0.2) is 5.82 Å². The molecule has 2 aromatic carbocycles. The Hall–Kier alpha value is -2.53. The Morgan fingerprint density at radius 2 is 1.86 bits per heavy atom. The molecule has 0 atom stereocenters. The monoisotopic (exact) mass is 301 g/mol. The molecule has 3 rings (SSSR count). The van der Waals surface area contributed by atoms with Gasteiger partial charge in [-0.05, 0) is 24.3 Å². The van der Waals surface area contributed by atoms with Crippen molar-refractivity contribution < 1.29 is 9.18 Å². The number of anilines is 1. The van der Waals surface area contributed by atoms with E-state index in [1.54, 1.807) is 24.3 Å². The molecule has 0 radical (unpaired) electrons. The molecule has 0 fully saturated rings. The number of fused-ring (bicyclic) bond motifs is 1. The molecule has 1 aromatic heterocycles. The van der Waals surface area contributed by atoms with Crippen molar-refractivity contribution in [2.75, 3.05) is 5.32 Å². The SMILES string of the molecule is O=C(Nc1cccc(Cl)c1F)c1cnc2ccccc2n1. The summed E-state index contributed by atoms with van der Waals surface area (Å²) < 4.78 is 13.7. The zero-order chi connectivity index (χ0) is 14.8. The van der Waals surface area contributed by atoms with Crippen molar-refractivity contribution in [1.82, 2.24) is 9.97 Å². The number of carbonyl (C=O) groups excluding carboxylic acids is 1. The number of benzene rings is 2. The summed E-state index contributed by atoms with van der Waals surface area (Å²) in [6, 6.07) is 11.6. The molecule has 1 amide bonds. The Bertz CT molecular complexity index is 838. The smallest absolute Gasteiger partial charge is 0.275 e. The second-order valence-corrected chi connectivity index (χ2v) is 4.71. The fourth-order valence-corrected chi connectivity index (χ4v) is 2.03. The van der Waals surface area contributed by atoms with Gasteiger partial charge in [-0.25, -0.2) is 9.37 Å². The number of nitrogens with zero attached hydrogens (tertiary/aromatic N) is 2. The van der Waals surface area contributed by atoms with Crippen LogP contribution in [-0.2, 0) is 0 Å².